The molecule has 2 N–H and O–H groups in total. The van der Waals surface area contributed by atoms with Crippen molar-refractivity contribution in [1.82, 2.24) is 4.98 Å². The molecule has 2 aromatic carbocycles. The number of aliphatic carboxylic acids is 1. The van der Waals surface area contributed by atoms with Crippen LogP contribution in [0, 0.1) is 5.92 Å². The number of halogens is 3. The molecule has 0 unspecified atom stereocenters. The molecule has 3 aromatic rings. The van der Waals surface area contributed by atoms with Gasteiger partial charge in [0, 0.05) is 43.5 Å². The number of hydrogen-bond donors (Lipinski definition) is 2. The zero-order valence-corrected chi connectivity index (χ0v) is 20.2. The molecule has 1 saturated heterocycles. The van der Waals surface area contributed by atoms with Crippen molar-refractivity contribution < 1.29 is 27.9 Å². The first-order chi connectivity index (χ1) is 17.6. The highest BCUT2D eigenvalue weighted by Crippen LogP contribution is 2.30. The predicted octanol–water partition coefficient (Wildman–Crippen LogP) is 5.81. The largest absolute Gasteiger partial charge is 0.481 e. The molecule has 0 aliphatic carbocycles. The Balaban J connectivity index is 1.34. The molecule has 1 aromatic heterocycles. The molecule has 0 spiro atoms. The van der Waals surface area contributed by atoms with E-state index in [9.17, 15) is 22.8 Å². The molecule has 37 heavy (non-hydrogen) atoms. The van der Waals surface area contributed by atoms with Crippen molar-refractivity contribution in [2.75, 3.05) is 35.3 Å². The molecule has 10 heteroatoms. The summed E-state index contributed by atoms with van der Waals surface area (Å²) in [5.74, 6) is -0.393. The van der Waals surface area contributed by atoms with Gasteiger partial charge in [0.25, 0.3) is 5.91 Å². The molecule has 0 atom stereocenters. The number of amides is 1. The third-order valence-electron chi connectivity index (χ3n) is 6.50. The molecular weight excluding hydrogens is 485 g/mol. The summed E-state index contributed by atoms with van der Waals surface area (Å²) in [5.41, 5.74) is 1.72. The van der Waals surface area contributed by atoms with E-state index >= 15 is 0 Å². The van der Waals surface area contributed by atoms with Gasteiger partial charge in [0.2, 0.25) is 0 Å². The van der Waals surface area contributed by atoms with E-state index in [1.54, 1.807) is 12.1 Å². The van der Waals surface area contributed by atoms with E-state index in [2.05, 4.69) is 15.2 Å². The second-order valence-electron chi connectivity index (χ2n) is 9.04. The van der Waals surface area contributed by atoms with Crippen LogP contribution >= 0.6 is 0 Å². The van der Waals surface area contributed by atoms with Crippen LogP contribution in [0.3, 0.4) is 0 Å². The smallest absolute Gasteiger partial charge is 0.416 e. The number of pyridine rings is 1. The molecular formula is C27H27F3N4O3. The van der Waals surface area contributed by atoms with Gasteiger partial charge in [-0.25, -0.2) is 4.98 Å². The van der Waals surface area contributed by atoms with Crippen molar-refractivity contribution in [2.24, 2.45) is 5.92 Å². The fourth-order valence-corrected chi connectivity index (χ4v) is 4.33. The van der Waals surface area contributed by atoms with E-state index in [0.717, 1.165) is 61.6 Å². The number of nitrogens with one attached hydrogen (secondary N) is 1. The summed E-state index contributed by atoms with van der Waals surface area (Å²) < 4.78 is 38.1. The van der Waals surface area contributed by atoms with Crippen LogP contribution in [0.4, 0.5) is 36.1 Å². The maximum Gasteiger partial charge on any atom is 0.416 e. The SMILES string of the molecule is CN(c1ccc(N2CCC(CC(=O)O)CC2)cc1)c1ccc(NC(=O)c2ccc(C(F)(F)F)cc2)cn1. The third-order valence-corrected chi connectivity index (χ3v) is 6.50. The average Bonchev–Trinajstić information content (AvgIpc) is 2.88. The van der Waals surface area contributed by atoms with Gasteiger partial charge in [-0.2, -0.15) is 13.2 Å². The number of piperidine rings is 1. The summed E-state index contributed by atoms with van der Waals surface area (Å²) >= 11 is 0. The molecule has 1 aliphatic heterocycles. The first-order valence-electron chi connectivity index (χ1n) is 11.9. The number of anilines is 4. The van der Waals surface area contributed by atoms with E-state index < -0.39 is 23.6 Å². The fourth-order valence-electron chi connectivity index (χ4n) is 4.33. The summed E-state index contributed by atoms with van der Waals surface area (Å²) in [4.78, 5) is 31.9. The highest BCUT2D eigenvalue weighted by molar-refractivity contribution is 6.04. The maximum atomic E-state index is 12.7. The molecule has 0 saturated carbocycles. The normalized spacial score (nSPS) is 14.3. The number of carboxylic acids is 1. The van der Waals surface area contributed by atoms with Gasteiger partial charge in [-0.05, 0) is 79.4 Å². The van der Waals surface area contributed by atoms with Gasteiger partial charge in [-0.1, -0.05) is 0 Å². The fraction of sp³-hybridized carbons (Fsp3) is 0.296. The van der Waals surface area contributed by atoms with Crippen molar-refractivity contribution in [3.05, 3.63) is 78.0 Å². The molecule has 7 nitrogen and oxygen atoms in total. The number of alkyl halides is 3. The molecule has 194 valence electrons. The summed E-state index contributed by atoms with van der Waals surface area (Å²) in [7, 11) is 1.87. The Morgan fingerprint density at radius 3 is 2.22 bits per heavy atom. The van der Waals surface area contributed by atoms with Crippen molar-refractivity contribution in [2.45, 2.75) is 25.4 Å². The minimum Gasteiger partial charge on any atom is -0.481 e. The number of carboxylic acid groups (broad SMARTS) is 1. The number of carbonyl (C=O) groups is 2. The Hall–Kier alpha value is -4.08. The Morgan fingerprint density at radius 2 is 1.68 bits per heavy atom. The van der Waals surface area contributed by atoms with Crippen LogP contribution in [-0.2, 0) is 11.0 Å². The number of rotatable bonds is 7. The zero-order valence-electron chi connectivity index (χ0n) is 20.2. The zero-order chi connectivity index (χ0) is 26.6. The Bertz CT molecular complexity index is 1220. The topological polar surface area (TPSA) is 85.8 Å². The van der Waals surface area contributed by atoms with Crippen molar-refractivity contribution >= 4 is 34.8 Å². The minimum atomic E-state index is -4.46. The van der Waals surface area contributed by atoms with Gasteiger partial charge >= 0.3 is 12.1 Å². The highest BCUT2D eigenvalue weighted by Gasteiger charge is 2.30. The molecule has 0 bridgehead atoms. The Morgan fingerprint density at radius 1 is 1.03 bits per heavy atom. The maximum absolute atomic E-state index is 12.7. The summed E-state index contributed by atoms with van der Waals surface area (Å²) in [6.45, 7) is 1.66. The van der Waals surface area contributed by atoms with Crippen LogP contribution in [0.5, 0.6) is 0 Å². The van der Waals surface area contributed by atoms with Gasteiger partial charge in [-0.15, -0.1) is 0 Å². The van der Waals surface area contributed by atoms with Crippen LogP contribution in [0.25, 0.3) is 0 Å². The average molecular weight is 513 g/mol. The molecule has 2 heterocycles. The van der Waals surface area contributed by atoms with E-state index in [1.165, 1.54) is 6.20 Å². The van der Waals surface area contributed by atoms with E-state index in [-0.39, 0.29) is 17.9 Å². The highest BCUT2D eigenvalue weighted by atomic mass is 19.4. The lowest BCUT2D eigenvalue weighted by atomic mass is 9.93. The van der Waals surface area contributed by atoms with Gasteiger partial charge in [0.15, 0.2) is 0 Å². The number of aromatic nitrogens is 1. The van der Waals surface area contributed by atoms with E-state index in [1.807, 2.05) is 36.2 Å². The molecule has 4 rings (SSSR count). The number of carbonyl (C=O) groups excluding carboxylic acids is 1. The first-order valence-corrected chi connectivity index (χ1v) is 11.9. The number of hydrogen-bond acceptors (Lipinski definition) is 5. The van der Waals surface area contributed by atoms with Crippen LogP contribution in [0.15, 0.2) is 66.9 Å². The lowest BCUT2D eigenvalue weighted by Crippen LogP contribution is -2.34. The van der Waals surface area contributed by atoms with Gasteiger partial charge in [0.1, 0.15) is 5.82 Å². The quantitative estimate of drug-likeness (QED) is 0.416. The molecule has 1 fully saturated rings. The molecule has 1 amide bonds. The predicted molar refractivity (Wildman–Crippen MR) is 135 cm³/mol. The van der Waals surface area contributed by atoms with E-state index in [4.69, 9.17) is 5.11 Å². The monoisotopic (exact) mass is 512 g/mol. The number of nitrogens with zero attached hydrogens (tertiary/aromatic N) is 3. The van der Waals surface area contributed by atoms with Gasteiger partial charge in [-0.3, -0.25) is 9.59 Å². The Kier molecular flexibility index (Phi) is 7.66. The third kappa shape index (κ3) is 6.58. The number of benzene rings is 2. The Labute approximate surface area is 212 Å². The van der Waals surface area contributed by atoms with Gasteiger partial charge < -0.3 is 20.2 Å². The summed E-state index contributed by atoms with van der Waals surface area (Å²) in [5, 5.41) is 11.6. The molecule has 1 aliphatic rings. The van der Waals surface area contributed by atoms with Gasteiger partial charge in [0.05, 0.1) is 17.4 Å². The summed E-state index contributed by atoms with van der Waals surface area (Å²) in [6, 6.07) is 15.5. The van der Waals surface area contributed by atoms with Crippen LogP contribution < -0.4 is 15.1 Å². The summed E-state index contributed by atoms with van der Waals surface area (Å²) in [6.07, 6.45) is -1.02. The second-order valence-corrected chi connectivity index (χ2v) is 9.04. The van der Waals surface area contributed by atoms with E-state index in [0.29, 0.717) is 11.5 Å². The second kappa shape index (κ2) is 10.9. The standard InChI is InChI=1S/C27H27F3N4O3/c1-33(22-7-9-23(10-8-22)34-14-12-18(13-15-34)16-25(35)36)24-11-6-21(17-31-24)32-26(37)19-2-4-20(5-3-19)27(28,29)30/h2-11,17-18H,12-16H2,1H3,(H,32,37)(H,35,36). The minimum absolute atomic E-state index is 0.111. The molecule has 0 radical (unpaired) electrons. The van der Waals surface area contributed by atoms with Crippen molar-refractivity contribution in [3.8, 4) is 0 Å². The first kappa shape index (κ1) is 26.0. The lowest BCUT2D eigenvalue weighted by molar-refractivity contribution is -0.138. The van der Waals surface area contributed by atoms with Crippen molar-refractivity contribution in [1.29, 1.82) is 0 Å². The van der Waals surface area contributed by atoms with Crippen molar-refractivity contribution in [3.63, 3.8) is 0 Å². The lowest BCUT2D eigenvalue weighted by Gasteiger charge is -2.33. The van der Waals surface area contributed by atoms with Crippen LogP contribution in [-0.4, -0.2) is 42.1 Å². The van der Waals surface area contributed by atoms with Crippen LogP contribution in [0.1, 0.15) is 35.2 Å². The van der Waals surface area contributed by atoms with Crippen LogP contribution in [0.2, 0.25) is 0 Å².